The zero-order chi connectivity index (χ0) is 22.2. The molecule has 0 aliphatic rings. The summed E-state index contributed by atoms with van der Waals surface area (Å²) in [4.78, 5) is 21.0. The zero-order valence-corrected chi connectivity index (χ0v) is 19.1. The molecule has 29 heavy (non-hydrogen) atoms. The summed E-state index contributed by atoms with van der Waals surface area (Å²) in [5.41, 5.74) is 1.99. The minimum atomic E-state index is -4.36. The highest BCUT2D eigenvalue weighted by molar-refractivity contribution is 7.51. The van der Waals surface area contributed by atoms with Gasteiger partial charge in [0.15, 0.2) is 0 Å². The Kier molecular flexibility index (Phi) is 6.43. The fourth-order valence-electron chi connectivity index (χ4n) is 3.18. The Hall–Kier alpha value is -2.01. The van der Waals surface area contributed by atoms with Crippen molar-refractivity contribution in [1.29, 1.82) is 0 Å². The van der Waals surface area contributed by atoms with Crippen LogP contribution in [0, 0.1) is 0 Å². The Labute approximate surface area is 173 Å². The number of methoxy groups -OCH3 is 1. The Morgan fingerprint density at radius 2 is 1.34 bits per heavy atom. The van der Waals surface area contributed by atoms with Gasteiger partial charge < -0.3 is 24.5 Å². The van der Waals surface area contributed by atoms with E-state index in [1.807, 2.05) is 53.7 Å². The van der Waals surface area contributed by atoms with Crippen molar-refractivity contribution in [2.75, 3.05) is 18.3 Å². The van der Waals surface area contributed by atoms with Crippen LogP contribution in [-0.2, 0) is 15.4 Å². The van der Waals surface area contributed by atoms with Gasteiger partial charge in [-0.2, -0.15) is 0 Å². The van der Waals surface area contributed by atoms with E-state index in [0.29, 0.717) is 17.1 Å². The molecule has 0 bridgehead atoms. The normalized spacial score (nSPS) is 12.7. The maximum Gasteiger partial charge on any atom is 0.345 e. The highest BCUT2D eigenvalue weighted by Gasteiger charge is 2.29. The van der Waals surface area contributed by atoms with Crippen LogP contribution >= 0.6 is 7.60 Å². The second-order valence-electron chi connectivity index (χ2n) is 9.32. The van der Waals surface area contributed by atoms with E-state index in [4.69, 9.17) is 4.74 Å². The minimum absolute atomic E-state index is 0.222. The van der Waals surface area contributed by atoms with E-state index < -0.39 is 13.9 Å². The number of aromatic hydroxyl groups is 1. The summed E-state index contributed by atoms with van der Waals surface area (Å²) in [5.74, 6) is 0.876. The summed E-state index contributed by atoms with van der Waals surface area (Å²) in [7, 11) is -2.80. The first-order valence-corrected chi connectivity index (χ1v) is 11.3. The fourth-order valence-corrected chi connectivity index (χ4v) is 3.87. The lowest BCUT2D eigenvalue weighted by molar-refractivity contribution is 0.373. The van der Waals surface area contributed by atoms with Gasteiger partial charge >= 0.3 is 7.60 Å². The highest BCUT2D eigenvalue weighted by atomic mass is 31.2. The van der Waals surface area contributed by atoms with Crippen molar-refractivity contribution < 1.29 is 24.2 Å². The van der Waals surface area contributed by atoms with Crippen LogP contribution < -0.4 is 9.64 Å². The van der Waals surface area contributed by atoms with Crippen molar-refractivity contribution in [1.82, 2.24) is 0 Å². The van der Waals surface area contributed by atoms with Gasteiger partial charge in [0.2, 0.25) is 0 Å². The molecule has 6 nitrogen and oxygen atoms in total. The second-order valence-corrected chi connectivity index (χ2v) is 10.9. The number of phenolic OH excluding ortho intramolecular Hbond substituents is 1. The van der Waals surface area contributed by atoms with Crippen molar-refractivity contribution >= 4 is 19.0 Å². The second kappa shape index (κ2) is 8.02. The summed E-state index contributed by atoms with van der Waals surface area (Å²) in [5, 5.41) is 10.9. The molecule has 0 unspecified atom stereocenters. The van der Waals surface area contributed by atoms with Gasteiger partial charge in [-0.15, -0.1) is 0 Å². The van der Waals surface area contributed by atoms with Crippen LogP contribution in [0.5, 0.6) is 11.5 Å². The minimum Gasteiger partial charge on any atom is -0.507 e. The van der Waals surface area contributed by atoms with E-state index in [2.05, 4.69) is 0 Å². The number of anilines is 2. The molecule has 0 fully saturated rings. The highest BCUT2D eigenvalue weighted by Crippen LogP contribution is 2.46. The number of hydrogen-bond donors (Lipinski definition) is 3. The first-order valence-electron chi connectivity index (χ1n) is 9.47. The number of ether oxygens (including phenoxy) is 1. The molecule has 0 aliphatic carbocycles. The third-order valence-electron chi connectivity index (χ3n) is 4.73. The SMILES string of the molecule is COc1ccc(N(CP(=O)(O)O)c2cc(C(C)(C)C)c(O)c(C(C)(C)C)c2)cc1. The molecular weight excluding hydrogens is 389 g/mol. The Bertz CT molecular complexity index is 869. The molecular formula is C22H32NO5P. The number of hydrogen-bond acceptors (Lipinski definition) is 4. The summed E-state index contributed by atoms with van der Waals surface area (Å²) in [6.07, 6.45) is -0.475. The molecule has 2 rings (SSSR count). The van der Waals surface area contributed by atoms with Crippen molar-refractivity contribution in [3.05, 3.63) is 47.5 Å². The predicted molar refractivity (Wildman–Crippen MR) is 118 cm³/mol. The molecule has 0 atom stereocenters. The first kappa shape index (κ1) is 23.3. The molecule has 0 saturated carbocycles. The average molecular weight is 421 g/mol. The van der Waals surface area contributed by atoms with Crippen LogP contribution in [0.25, 0.3) is 0 Å². The van der Waals surface area contributed by atoms with Crippen molar-refractivity contribution in [2.45, 2.75) is 52.4 Å². The van der Waals surface area contributed by atoms with Crippen LogP contribution in [0.3, 0.4) is 0 Å². The monoisotopic (exact) mass is 421 g/mol. The van der Waals surface area contributed by atoms with Gasteiger partial charge in [0, 0.05) is 22.5 Å². The van der Waals surface area contributed by atoms with E-state index >= 15 is 0 Å². The van der Waals surface area contributed by atoms with Crippen molar-refractivity contribution in [3.63, 3.8) is 0 Å². The molecule has 0 radical (unpaired) electrons. The van der Waals surface area contributed by atoms with Gasteiger partial charge in [-0.1, -0.05) is 41.5 Å². The topological polar surface area (TPSA) is 90.2 Å². The number of phenols is 1. The predicted octanol–water partition coefficient (Wildman–Crippen LogP) is 5.27. The van der Waals surface area contributed by atoms with E-state index in [9.17, 15) is 19.5 Å². The third-order valence-corrected chi connectivity index (χ3v) is 5.38. The van der Waals surface area contributed by atoms with E-state index in [1.165, 1.54) is 0 Å². The lowest BCUT2D eigenvalue weighted by Gasteiger charge is -2.32. The van der Waals surface area contributed by atoms with Gasteiger partial charge in [0.05, 0.1) is 7.11 Å². The van der Waals surface area contributed by atoms with Gasteiger partial charge in [0.1, 0.15) is 17.8 Å². The smallest absolute Gasteiger partial charge is 0.345 e. The molecule has 2 aromatic rings. The van der Waals surface area contributed by atoms with Crippen LogP contribution in [0.4, 0.5) is 11.4 Å². The zero-order valence-electron chi connectivity index (χ0n) is 18.2. The molecule has 0 aromatic heterocycles. The lowest BCUT2D eigenvalue weighted by atomic mass is 9.79. The summed E-state index contributed by atoms with van der Waals surface area (Å²) in [6, 6.07) is 10.6. The third kappa shape index (κ3) is 5.75. The van der Waals surface area contributed by atoms with Crippen molar-refractivity contribution in [2.24, 2.45) is 0 Å². The molecule has 160 valence electrons. The van der Waals surface area contributed by atoms with Crippen LogP contribution in [-0.4, -0.2) is 28.3 Å². The molecule has 0 saturated heterocycles. The molecule has 3 N–H and O–H groups in total. The lowest BCUT2D eigenvalue weighted by Crippen LogP contribution is -2.22. The molecule has 0 heterocycles. The van der Waals surface area contributed by atoms with Crippen LogP contribution in [0.15, 0.2) is 36.4 Å². The van der Waals surface area contributed by atoms with Gasteiger partial charge in [-0.25, -0.2) is 0 Å². The Morgan fingerprint density at radius 3 is 1.69 bits per heavy atom. The maximum absolute atomic E-state index is 11.9. The number of benzene rings is 2. The Morgan fingerprint density at radius 1 is 0.897 bits per heavy atom. The van der Waals surface area contributed by atoms with E-state index in [-0.39, 0.29) is 16.6 Å². The van der Waals surface area contributed by atoms with E-state index in [0.717, 1.165) is 11.1 Å². The number of rotatable bonds is 5. The fraction of sp³-hybridized carbons (Fsp3) is 0.455. The molecule has 2 aromatic carbocycles. The molecule has 7 heteroatoms. The quantitative estimate of drug-likeness (QED) is 0.570. The summed E-state index contributed by atoms with van der Waals surface area (Å²) in [6.45, 7) is 12.0. The number of nitrogens with zero attached hydrogens (tertiary/aromatic N) is 1. The summed E-state index contributed by atoms with van der Waals surface area (Å²) < 4.78 is 17.1. The van der Waals surface area contributed by atoms with E-state index in [1.54, 1.807) is 36.3 Å². The van der Waals surface area contributed by atoms with Crippen molar-refractivity contribution in [3.8, 4) is 11.5 Å². The average Bonchev–Trinajstić information content (AvgIpc) is 2.57. The van der Waals surface area contributed by atoms with Gasteiger partial charge in [-0.3, -0.25) is 4.57 Å². The first-order chi connectivity index (χ1) is 13.1. The Balaban J connectivity index is 2.76. The molecule has 0 amide bonds. The largest absolute Gasteiger partial charge is 0.507 e. The van der Waals surface area contributed by atoms with Gasteiger partial charge in [-0.05, 0) is 47.2 Å². The molecule has 0 spiro atoms. The standard InChI is InChI=1S/C22H32NO5P/c1-21(2,3)18-12-16(13-19(20(18)24)22(4,5)6)23(14-29(25,26)27)15-8-10-17(28-7)11-9-15/h8-13,24H,14H2,1-7H3,(H2,25,26,27). The van der Waals surface area contributed by atoms with Crippen LogP contribution in [0.1, 0.15) is 52.7 Å². The maximum atomic E-state index is 11.9. The van der Waals surface area contributed by atoms with Crippen LogP contribution in [0.2, 0.25) is 0 Å². The summed E-state index contributed by atoms with van der Waals surface area (Å²) >= 11 is 0. The molecule has 0 aliphatic heterocycles. The van der Waals surface area contributed by atoms with Gasteiger partial charge in [0.25, 0.3) is 0 Å².